The van der Waals surface area contributed by atoms with Crippen LogP contribution in [0.4, 0.5) is 4.39 Å². The van der Waals surface area contributed by atoms with E-state index in [1.54, 1.807) is 12.1 Å². The highest BCUT2D eigenvalue weighted by atomic mass is 19.1. The fraction of sp³-hybridized carbons (Fsp3) is 0.312. The number of fused-ring (bicyclic) bond motifs is 1. The van der Waals surface area contributed by atoms with E-state index in [0.29, 0.717) is 0 Å². The number of aromatic nitrogens is 2. The lowest BCUT2D eigenvalue weighted by atomic mass is 9.76. The molecule has 3 rings (SSSR count). The first-order valence-electron chi connectivity index (χ1n) is 6.49. The van der Waals surface area contributed by atoms with Crippen molar-refractivity contribution < 1.29 is 4.39 Å². The van der Waals surface area contributed by atoms with E-state index in [4.69, 9.17) is 0 Å². The Morgan fingerprint density at radius 3 is 2.58 bits per heavy atom. The molecule has 0 amide bonds. The molecule has 1 aromatic heterocycles. The van der Waals surface area contributed by atoms with Crippen LogP contribution < -0.4 is 0 Å². The van der Waals surface area contributed by atoms with Gasteiger partial charge in [-0.1, -0.05) is 19.4 Å². The molecule has 19 heavy (non-hydrogen) atoms. The number of allylic oxidation sites excluding steroid dienone is 1. The molecule has 0 bridgehead atoms. The highest BCUT2D eigenvalue weighted by Crippen LogP contribution is 2.38. The van der Waals surface area contributed by atoms with Crippen LogP contribution >= 0.6 is 0 Å². The molecule has 0 saturated heterocycles. The highest BCUT2D eigenvalue weighted by molar-refractivity contribution is 5.60. The summed E-state index contributed by atoms with van der Waals surface area (Å²) in [5.41, 5.74) is 4.79. The maximum Gasteiger partial charge on any atom is 0.123 e. The number of hydrogen-bond donors (Lipinski definition) is 0. The molecule has 1 aliphatic carbocycles. The third kappa shape index (κ3) is 1.99. The van der Waals surface area contributed by atoms with Crippen molar-refractivity contribution >= 4 is 6.08 Å². The van der Waals surface area contributed by atoms with Gasteiger partial charge in [-0.3, -0.25) is 0 Å². The van der Waals surface area contributed by atoms with E-state index in [1.165, 1.54) is 23.3 Å². The molecule has 0 spiro atoms. The molecule has 0 fully saturated rings. The summed E-state index contributed by atoms with van der Waals surface area (Å²) in [6.07, 6.45) is 5.10. The van der Waals surface area contributed by atoms with E-state index in [1.807, 2.05) is 10.9 Å². The summed E-state index contributed by atoms with van der Waals surface area (Å²) in [6, 6.07) is 6.44. The van der Waals surface area contributed by atoms with Gasteiger partial charge < -0.3 is 0 Å². The Kier molecular flexibility index (Phi) is 2.59. The van der Waals surface area contributed by atoms with Gasteiger partial charge in [0, 0.05) is 0 Å². The summed E-state index contributed by atoms with van der Waals surface area (Å²) in [6.45, 7) is 6.65. The third-order valence-corrected chi connectivity index (χ3v) is 4.01. The van der Waals surface area contributed by atoms with Gasteiger partial charge in [-0.15, -0.1) is 0 Å². The first-order chi connectivity index (χ1) is 8.97. The van der Waals surface area contributed by atoms with Crippen LogP contribution in [0.15, 0.2) is 36.0 Å². The summed E-state index contributed by atoms with van der Waals surface area (Å²) >= 11 is 0. The molecule has 1 aliphatic rings. The third-order valence-electron chi connectivity index (χ3n) is 4.01. The fourth-order valence-electron chi connectivity index (χ4n) is 2.49. The number of hydrogen-bond acceptors (Lipinski definition) is 1. The second kappa shape index (κ2) is 4.05. The van der Waals surface area contributed by atoms with Crippen LogP contribution in [0.3, 0.4) is 0 Å². The maximum atomic E-state index is 13.0. The quantitative estimate of drug-likeness (QED) is 0.754. The van der Waals surface area contributed by atoms with Gasteiger partial charge in [0.1, 0.15) is 5.82 Å². The molecule has 1 heterocycles. The normalized spacial score (nSPS) is 16.9. The van der Waals surface area contributed by atoms with Crippen molar-refractivity contribution in [3.8, 4) is 5.69 Å². The molecule has 2 nitrogen and oxygen atoms in total. The zero-order valence-electron chi connectivity index (χ0n) is 11.4. The summed E-state index contributed by atoms with van der Waals surface area (Å²) < 4.78 is 14.9. The van der Waals surface area contributed by atoms with E-state index in [-0.39, 0.29) is 11.2 Å². The molecule has 0 aliphatic heterocycles. The summed E-state index contributed by atoms with van der Waals surface area (Å²) in [4.78, 5) is 0. The fourth-order valence-corrected chi connectivity index (χ4v) is 2.49. The Morgan fingerprint density at radius 1 is 1.21 bits per heavy atom. The van der Waals surface area contributed by atoms with E-state index >= 15 is 0 Å². The standard InChI is InChI=1S/C16H17FN2/c1-11-8-15-12(9-16(11,2)3)10-18-19(15)14-6-4-13(17)5-7-14/h4-8,10H,9H2,1-3H3. The SMILES string of the molecule is CC1=Cc2c(cnn2-c2ccc(F)cc2)CC1(C)C. The van der Waals surface area contributed by atoms with Crippen molar-refractivity contribution in [1.82, 2.24) is 9.78 Å². The van der Waals surface area contributed by atoms with Gasteiger partial charge in [-0.25, -0.2) is 9.07 Å². The van der Waals surface area contributed by atoms with Crippen LogP contribution in [0.25, 0.3) is 11.8 Å². The van der Waals surface area contributed by atoms with Crippen LogP contribution in [-0.2, 0) is 6.42 Å². The molecule has 0 N–H and O–H groups in total. The second-order valence-electron chi connectivity index (χ2n) is 5.83. The van der Waals surface area contributed by atoms with Gasteiger partial charge in [0.25, 0.3) is 0 Å². The van der Waals surface area contributed by atoms with Crippen LogP contribution in [-0.4, -0.2) is 9.78 Å². The monoisotopic (exact) mass is 256 g/mol. The van der Waals surface area contributed by atoms with Crippen molar-refractivity contribution in [3.63, 3.8) is 0 Å². The highest BCUT2D eigenvalue weighted by Gasteiger charge is 2.28. The number of rotatable bonds is 1. The van der Waals surface area contributed by atoms with Gasteiger partial charge in [-0.05, 0) is 54.7 Å². The minimum Gasteiger partial charge on any atom is -0.233 e. The van der Waals surface area contributed by atoms with Gasteiger partial charge >= 0.3 is 0 Å². The van der Waals surface area contributed by atoms with Gasteiger partial charge in [0.05, 0.1) is 17.6 Å². The molecular formula is C16H17FN2. The Bertz CT molecular complexity index is 648. The first-order valence-corrected chi connectivity index (χ1v) is 6.49. The Hall–Kier alpha value is -1.90. The van der Waals surface area contributed by atoms with Crippen LogP contribution in [0, 0.1) is 11.2 Å². The van der Waals surface area contributed by atoms with E-state index in [0.717, 1.165) is 17.8 Å². The van der Waals surface area contributed by atoms with E-state index < -0.39 is 0 Å². The lowest BCUT2D eigenvalue weighted by Crippen LogP contribution is -2.20. The summed E-state index contributed by atoms with van der Waals surface area (Å²) in [5, 5.41) is 4.45. The topological polar surface area (TPSA) is 17.8 Å². The Morgan fingerprint density at radius 2 is 1.89 bits per heavy atom. The van der Waals surface area contributed by atoms with Crippen molar-refractivity contribution in [2.75, 3.05) is 0 Å². The molecule has 0 saturated carbocycles. The molecule has 2 aromatic rings. The molecular weight excluding hydrogens is 239 g/mol. The van der Waals surface area contributed by atoms with Crippen LogP contribution in [0.1, 0.15) is 32.0 Å². The van der Waals surface area contributed by atoms with Crippen molar-refractivity contribution in [3.05, 3.63) is 53.1 Å². The van der Waals surface area contributed by atoms with Crippen molar-refractivity contribution in [2.24, 2.45) is 5.41 Å². The number of halogens is 1. The predicted octanol–water partition coefficient (Wildman–Crippen LogP) is 4.00. The zero-order valence-corrected chi connectivity index (χ0v) is 11.4. The van der Waals surface area contributed by atoms with Crippen LogP contribution in [0.5, 0.6) is 0 Å². The molecule has 3 heteroatoms. The lowest BCUT2D eigenvalue weighted by Gasteiger charge is -2.29. The summed E-state index contributed by atoms with van der Waals surface area (Å²) in [5.74, 6) is -0.224. The van der Waals surface area contributed by atoms with Gasteiger partial charge in [-0.2, -0.15) is 5.10 Å². The van der Waals surface area contributed by atoms with E-state index in [2.05, 4.69) is 31.9 Å². The van der Waals surface area contributed by atoms with Crippen molar-refractivity contribution in [1.29, 1.82) is 0 Å². The molecule has 0 atom stereocenters. The summed E-state index contributed by atoms with van der Waals surface area (Å²) in [7, 11) is 0. The van der Waals surface area contributed by atoms with Gasteiger partial charge in [0.2, 0.25) is 0 Å². The maximum absolute atomic E-state index is 13.0. The van der Waals surface area contributed by atoms with Crippen LogP contribution in [0.2, 0.25) is 0 Å². The van der Waals surface area contributed by atoms with Gasteiger partial charge in [0.15, 0.2) is 0 Å². The Labute approximate surface area is 112 Å². The number of benzene rings is 1. The average molecular weight is 256 g/mol. The minimum atomic E-state index is -0.224. The lowest BCUT2D eigenvalue weighted by molar-refractivity contribution is 0.440. The van der Waals surface area contributed by atoms with Crippen molar-refractivity contribution in [2.45, 2.75) is 27.2 Å². The largest absolute Gasteiger partial charge is 0.233 e. The zero-order chi connectivity index (χ0) is 13.6. The second-order valence-corrected chi connectivity index (χ2v) is 5.83. The molecule has 98 valence electrons. The molecule has 0 radical (unpaired) electrons. The predicted molar refractivity (Wildman–Crippen MR) is 74.7 cm³/mol. The van der Waals surface area contributed by atoms with E-state index in [9.17, 15) is 4.39 Å². The number of nitrogens with zero attached hydrogens (tertiary/aromatic N) is 2. The minimum absolute atomic E-state index is 0.184. The molecule has 0 unspecified atom stereocenters. The average Bonchev–Trinajstić information content (AvgIpc) is 2.73. The molecule has 1 aromatic carbocycles. The Balaban J connectivity index is 2.10. The smallest absolute Gasteiger partial charge is 0.123 e. The first kappa shape index (κ1) is 12.2.